The van der Waals surface area contributed by atoms with Crippen molar-refractivity contribution < 1.29 is 4.79 Å². The second-order valence-electron chi connectivity index (χ2n) is 3.69. The molecule has 1 aromatic rings. The molecule has 0 fully saturated rings. The molecule has 0 bridgehead atoms. The van der Waals surface area contributed by atoms with E-state index in [1.54, 1.807) is 11.8 Å². The lowest BCUT2D eigenvalue weighted by atomic mass is 10.3. The summed E-state index contributed by atoms with van der Waals surface area (Å²) in [7, 11) is 0. The van der Waals surface area contributed by atoms with Crippen LogP contribution >= 0.6 is 24.2 Å². The minimum absolute atomic E-state index is 0. The van der Waals surface area contributed by atoms with E-state index in [9.17, 15) is 4.79 Å². The van der Waals surface area contributed by atoms with Gasteiger partial charge in [0.25, 0.3) is 0 Å². The van der Waals surface area contributed by atoms with E-state index in [0.29, 0.717) is 5.69 Å². The Morgan fingerprint density at radius 3 is 2.47 bits per heavy atom. The molecule has 0 aromatic heterocycles. The van der Waals surface area contributed by atoms with Crippen molar-refractivity contribution in [2.75, 3.05) is 11.1 Å². The number of guanidine groups is 1. The highest BCUT2D eigenvalue weighted by Crippen LogP contribution is 2.21. The molecule has 0 spiro atoms. The molecule has 19 heavy (non-hydrogen) atoms. The van der Waals surface area contributed by atoms with Crippen LogP contribution in [0.1, 0.15) is 19.8 Å². The van der Waals surface area contributed by atoms with Crippen molar-refractivity contribution >= 4 is 41.8 Å². The summed E-state index contributed by atoms with van der Waals surface area (Å²) in [5.41, 5.74) is 10.9. The molecule has 0 radical (unpaired) electrons. The quantitative estimate of drug-likeness (QED) is 0.337. The molecule has 106 valence electrons. The number of nitrogens with zero attached hydrogens (tertiary/aromatic N) is 1. The molecule has 1 aromatic carbocycles. The number of unbranched alkanes of at least 4 members (excludes halogenated alkanes) is 1. The first-order valence-corrected chi connectivity index (χ1v) is 6.74. The van der Waals surface area contributed by atoms with Crippen LogP contribution in [0.25, 0.3) is 0 Å². The topological polar surface area (TPSA) is 93.5 Å². The summed E-state index contributed by atoms with van der Waals surface area (Å²) < 4.78 is 0. The fraction of sp³-hybridized carbons (Fsp3) is 0.333. The van der Waals surface area contributed by atoms with Gasteiger partial charge in [0.05, 0.1) is 0 Å². The van der Waals surface area contributed by atoms with Crippen LogP contribution in [0.15, 0.2) is 34.2 Å². The summed E-state index contributed by atoms with van der Waals surface area (Å²) >= 11 is 1.80. The molecule has 5 N–H and O–H groups in total. The van der Waals surface area contributed by atoms with E-state index in [1.165, 1.54) is 17.7 Å². The largest absolute Gasteiger partial charge is 0.370 e. The highest BCUT2D eigenvalue weighted by Gasteiger charge is 2.00. The van der Waals surface area contributed by atoms with Crippen molar-refractivity contribution in [3.05, 3.63) is 24.3 Å². The minimum Gasteiger partial charge on any atom is -0.370 e. The molecule has 1 rings (SSSR count). The molecule has 0 heterocycles. The predicted octanol–water partition coefficient (Wildman–Crippen LogP) is 2.81. The smallest absolute Gasteiger partial charge is 0.348 e. The van der Waals surface area contributed by atoms with Gasteiger partial charge in [0.1, 0.15) is 0 Å². The molecule has 7 heteroatoms. The van der Waals surface area contributed by atoms with Gasteiger partial charge in [0, 0.05) is 10.6 Å². The zero-order valence-electron chi connectivity index (χ0n) is 10.8. The van der Waals surface area contributed by atoms with Crippen LogP contribution in [0.4, 0.5) is 10.5 Å². The molecular weight excluding hydrogens is 284 g/mol. The zero-order valence-corrected chi connectivity index (χ0v) is 12.4. The number of nitrogens with two attached hydrogens (primary N) is 2. The number of aliphatic imine (C=N–C) groups is 1. The predicted molar refractivity (Wildman–Crippen MR) is 84.2 cm³/mol. The van der Waals surface area contributed by atoms with Gasteiger partial charge < -0.3 is 16.8 Å². The van der Waals surface area contributed by atoms with E-state index >= 15 is 0 Å². The van der Waals surface area contributed by atoms with Gasteiger partial charge in [-0.15, -0.1) is 24.2 Å². The molecule has 0 atom stereocenters. The van der Waals surface area contributed by atoms with Gasteiger partial charge in [-0.05, 0) is 36.4 Å². The number of hydrogen-bond acceptors (Lipinski definition) is 2. The zero-order chi connectivity index (χ0) is 13.4. The first-order valence-electron chi connectivity index (χ1n) is 5.75. The number of benzene rings is 1. The Kier molecular flexibility index (Phi) is 8.82. The fourth-order valence-corrected chi connectivity index (χ4v) is 2.23. The van der Waals surface area contributed by atoms with Crippen LogP contribution in [0.5, 0.6) is 0 Å². The molecular formula is C12H19ClN4OS. The average molecular weight is 303 g/mol. The Bertz CT molecular complexity index is 418. The molecule has 0 saturated carbocycles. The number of amides is 2. The van der Waals surface area contributed by atoms with Crippen molar-refractivity contribution in [2.24, 2.45) is 16.5 Å². The normalized spacial score (nSPS) is 9.32. The van der Waals surface area contributed by atoms with Crippen LogP contribution in [0, 0.1) is 0 Å². The summed E-state index contributed by atoms with van der Waals surface area (Å²) in [6, 6.07) is 7.01. The third-order valence-corrected chi connectivity index (χ3v) is 3.20. The summed E-state index contributed by atoms with van der Waals surface area (Å²) in [4.78, 5) is 15.8. The van der Waals surface area contributed by atoms with Crippen LogP contribution in [-0.2, 0) is 0 Å². The monoisotopic (exact) mass is 302 g/mol. The van der Waals surface area contributed by atoms with Crippen molar-refractivity contribution in [2.45, 2.75) is 24.7 Å². The summed E-state index contributed by atoms with van der Waals surface area (Å²) in [6.45, 7) is 2.17. The van der Waals surface area contributed by atoms with Gasteiger partial charge >= 0.3 is 6.03 Å². The first kappa shape index (κ1) is 17.6. The first-order chi connectivity index (χ1) is 8.61. The van der Waals surface area contributed by atoms with Crippen molar-refractivity contribution in [1.29, 1.82) is 0 Å². The number of urea groups is 1. The summed E-state index contributed by atoms with van der Waals surface area (Å²) in [5.74, 6) is 0.857. The van der Waals surface area contributed by atoms with E-state index in [1.807, 2.05) is 24.3 Å². The van der Waals surface area contributed by atoms with Gasteiger partial charge in [-0.3, -0.25) is 0 Å². The number of carbonyl (C=O) groups excluding carboxylic acids is 1. The van der Waals surface area contributed by atoms with Crippen LogP contribution < -0.4 is 16.8 Å². The highest BCUT2D eigenvalue weighted by atomic mass is 35.5. The third-order valence-electron chi connectivity index (χ3n) is 2.10. The van der Waals surface area contributed by atoms with Crippen LogP contribution in [0.2, 0.25) is 0 Å². The molecule has 2 amide bonds. The number of hydrogen-bond donors (Lipinski definition) is 3. The maximum absolute atomic E-state index is 11.3. The maximum Gasteiger partial charge on any atom is 0.348 e. The SMILES string of the molecule is CCCCSc1ccc(NC(=O)N=C(N)N)cc1.Cl. The second kappa shape index (κ2) is 9.52. The van der Waals surface area contributed by atoms with Crippen molar-refractivity contribution in [1.82, 2.24) is 0 Å². The summed E-state index contributed by atoms with van der Waals surface area (Å²) in [6.07, 6.45) is 2.40. The van der Waals surface area contributed by atoms with E-state index in [-0.39, 0.29) is 18.4 Å². The maximum atomic E-state index is 11.3. The van der Waals surface area contributed by atoms with Crippen molar-refractivity contribution in [3.8, 4) is 0 Å². The Morgan fingerprint density at radius 1 is 1.32 bits per heavy atom. The fourth-order valence-electron chi connectivity index (χ4n) is 1.24. The lowest BCUT2D eigenvalue weighted by Gasteiger charge is -2.04. The van der Waals surface area contributed by atoms with Crippen LogP contribution in [0.3, 0.4) is 0 Å². The molecule has 0 aliphatic carbocycles. The highest BCUT2D eigenvalue weighted by molar-refractivity contribution is 7.99. The van der Waals surface area contributed by atoms with E-state index in [0.717, 1.165) is 5.75 Å². The number of nitrogens with one attached hydrogen (secondary N) is 1. The lowest BCUT2D eigenvalue weighted by molar-refractivity contribution is 0.259. The second-order valence-corrected chi connectivity index (χ2v) is 4.86. The average Bonchev–Trinajstić information content (AvgIpc) is 2.30. The minimum atomic E-state index is -0.568. The number of carbonyl (C=O) groups is 1. The Hall–Kier alpha value is -1.40. The standard InChI is InChI=1S/C12H18N4OS.ClH/c1-2-3-8-18-10-6-4-9(5-7-10)15-12(17)16-11(13)14;/h4-7H,2-3,8H2,1H3,(H5,13,14,15,16,17);1H. The van der Waals surface area contributed by atoms with Gasteiger partial charge in [-0.2, -0.15) is 4.99 Å². The van der Waals surface area contributed by atoms with Gasteiger partial charge in [0.2, 0.25) is 0 Å². The van der Waals surface area contributed by atoms with Crippen molar-refractivity contribution in [3.63, 3.8) is 0 Å². The number of rotatable bonds is 5. The summed E-state index contributed by atoms with van der Waals surface area (Å²) in [5, 5.41) is 2.57. The number of anilines is 1. The third kappa shape index (κ3) is 7.58. The number of thioether (sulfide) groups is 1. The van der Waals surface area contributed by atoms with E-state index in [2.05, 4.69) is 17.2 Å². The van der Waals surface area contributed by atoms with E-state index in [4.69, 9.17) is 11.5 Å². The molecule has 0 aliphatic heterocycles. The molecule has 0 unspecified atom stereocenters. The van der Waals surface area contributed by atoms with Gasteiger partial charge in [-0.25, -0.2) is 4.79 Å². The van der Waals surface area contributed by atoms with Gasteiger partial charge in [0.15, 0.2) is 5.96 Å². The Balaban J connectivity index is 0.00000324. The Labute approximate surface area is 123 Å². The van der Waals surface area contributed by atoms with Crippen LogP contribution in [-0.4, -0.2) is 17.7 Å². The van der Waals surface area contributed by atoms with E-state index < -0.39 is 6.03 Å². The molecule has 0 aliphatic rings. The number of halogens is 1. The van der Waals surface area contributed by atoms with Gasteiger partial charge in [-0.1, -0.05) is 13.3 Å². The molecule has 0 saturated heterocycles. The Morgan fingerprint density at radius 2 is 1.95 bits per heavy atom. The molecule has 5 nitrogen and oxygen atoms in total. The lowest BCUT2D eigenvalue weighted by Crippen LogP contribution is -2.25.